The third kappa shape index (κ3) is 1.62. The molecule has 0 unspecified atom stereocenters. The zero-order valence-electron chi connectivity index (χ0n) is 11.8. The summed E-state index contributed by atoms with van der Waals surface area (Å²) in [4.78, 5) is 30.4. The van der Waals surface area contributed by atoms with Gasteiger partial charge >= 0.3 is 0 Å². The van der Waals surface area contributed by atoms with Crippen molar-refractivity contribution >= 4 is 44.3 Å². The highest BCUT2D eigenvalue weighted by Gasteiger charge is 2.41. The zero-order valence-corrected chi connectivity index (χ0v) is 12.6. The van der Waals surface area contributed by atoms with Gasteiger partial charge in [-0.05, 0) is 12.1 Å². The fourth-order valence-electron chi connectivity index (χ4n) is 3.10. The minimum Gasteiger partial charge on any atom is -0.444 e. The number of thiazole rings is 1. The van der Waals surface area contributed by atoms with E-state index in [1.54, 1.807) is 24.3 Å². The number of nitrogens with zero attached hydrogens (tertiary/aromatic N) is 1. The van der Waals surface area contributed by atoms with E-state index in [4.69, 9.17) is 4.42 Å². The molecule has 0 bridgehead atoms. The normalized spacial score (nSPS) is 15.0. The summed E-state index contributed by atoms with van der Waals surface area (Å²) >= 11 is 1.28. The number of carbonyl (C=O) groups excluding carboxylic acids is 2. The molecule has 4 nitrogen and oxygen atoms in total. The third-order valence-corrected chi connectivity index (χ3v) is 5.18. The van der Waals surface area contributed by atoms with Crippen LogP contribution in [-0.4, -0.2) is 16.6 Å². The van der Waals surface area contributed by atoms with Crippen LogP contribution in [0.4, 0.5) is 0 Å². The van der Waals surface area contributed by atoms with Crippen LogP contribution in [-0.2, 0) is 0 Å². The van der Waals surface area contributed by atoms with Gasteiger partial charge in [-0.2, -0.15) is 0 Å². The first-order valence-electron chi connectivity index (χ1n) is 7.19. The van der Waals surface area contributed by atoms with Gasteiger partial charge in [0.25, 0.3) is 0 Å². The number of furan rings is 1. The Labute approximate surface area is 134 Å². The number of para-hydroxylation sites is 1. The summed E-state index contributed by atoms with van der Waals surface area (Å²) < 4.78 is 5.77. The average Bonchev–Trinajstić information content (AvgIpc) is 3.19. The summed E-state index contributed by atoms with van der Waals surface area (Å²) in [6, 6.07) is 14.6. The second-order valence-electron chi connectivity index (χ2n) is 5.49. The molecule has 0 aliphatic heterocycles. The number of Topliss-reactive ketones (excluding diaryl/α,β-unsaturated/α-hetero) is 2. The number of ketones is 2. The molecule has 110 valence electrons. The van der Waals surface area contributed by atoms with E-state index in [1.807, 2.05) is 24.3 Å². The summed E-state index contributed by atoms with van der Waals surface area (Å²) in [5.41, 5.74) is 2.45. The number of fused-ring (bicyclic) bond motifs is 4. The fourth-order valence-corrected chi connectivity index (χ4v) is 4.15. The molecule has 0 fully saturated rings. The molecule has 23 heavy (non-hydrogen) atoms. The lowest BCUT2D eigenvalue weighted by Crippen LogP contribution is -2.12. The molecule has 0 saturated carbocycles. The van der Waals surface area contributed by atoms with Crippen molar-refractivity contribution in [3.63, 3.8) is 0 Å². The first-order chi connectivity index (χ1) is 11.2. The van der Waals surface area contributed by atoms with Crippen molar-refractivity contribution in [2.24, 2.45) is 0 Å². The van der Waals surface area contributed by atoms with E-state index in [2.05, 4.69) is 4.98 Å². The second-order valence-corrected chi connectivity index (χ2v) is 6.49. The van der Waals surface area contributed by atoms with E-state index in [9.17, 15) is 9.59 Å². The fraction of sp³-hybridized carbons (Fsp3) is 0.0556. The highest BCUT2D eigenvalue weighted by atomic mass is 32.1. The van der Waals surface area contributed by atoms with E-state index < -0.39 is 5.92 Å². The van der Waals surface area contributed by atoms with Gasteiger partial charge in [0.05, 0.1) is 0 Å². The Morgan fingerprint density at radius 3 is 2.30 bits per heavy atom. The molecule has 4 aromatic rings. The first-order valence-corrected chi connectivity index (χ1v) is 8.01. The molecule has 1 aliphatic rings. The highest BCUT2D eigenvalue weighted by Crippen LogP contribution is 2.40. The molecule has 5 rings (SSSR count). The van der Waals surface area contributed by atoms with Crippen LogP contribution in [0.2, 0.25) is 0 Å². The molecule has 2 aromatic heterocycles. The van der Waals surface area contributed by atoms with Crippen LogP contribution in [0.25, 0.3) is 21.4 Å². The SMILES string of the molecule is O=C1c2ccccc2C(=O)C1c1nc2c(oc3ccccc32)s1. The number of aromatic nitrogens is 1. The van der Waals surface area contributed by atoms with Crippen molar-refractivity contribution in [3.05, 3.63) is 64.7 Å². The number of benzene rings is 2. The summed E-state index contributed by atoms with van der Waals surface area (Å²) in [6.07, 6.45) is 0. The maximum atomic E-state index is 12.6. The summed E-state index contributed by atoms with van der Waals surface area (Å²) in [5.74, 6) is -1.18. The molecular weight excluding hydrogens is 310 g/mol. The van der Waals surface area contributed by atoms with E-state index >= 15 is 0 Å². The zero-order chi connectivity index (χ0) is 15.6. The lowest BCUT2D eigenvalue weighted by atomic mass is 10.1. The van der Waals surface area contributed by atoms with Crippen molar-refractivity contribution in [3.8, 4) is 0 Å². The largest absolute Gasteiger partial charge is 0.444 e. The minimum absolute atomic E-state index is 0.175. The minimum atomic E-state index is -0.834. The molecule has 1 aliphatic carbocycles. The molecule has 0 spiro atoms. The standard InChI is InChI=1S/C18H9NO3S/c20-15-9-5-1-2-6-10(9)16(21)13(15)17-19-14-11-7-3-4-8-12(11)22-18(14)23-17/h1-8,13H. The van der Waals surface area contributed by atoms with E-state index in [0.717, 1.165) is 16.5 Å². The quantitative estimate of drug-likeness (QED) is 0.493. The second kappa shape index (κ2) is 4.36. The van der Waals surface area contributed by atoms with Crippen LogP contribution in [0.5, 0.6) is 0 Å². The number of rotatable bonds is 1. The van der Waals surface area contributed by atoms with Gasteiger partial charge in [0.2, 0.25) is 4.90 Å². The van der Waals surface area contributed by atoms with E-state index in [1.165, 1.54) is 11.3 Å². The van der Waals surface area contributed by atoms with Crippen molar-refractivity contribution in [2.75, 3.05) is 0 Å². The summed E-state index contributed by atoms with van der Waals surface area (Å²) in [6.45, 7) is 0. The Morgan fingerprint density at radius 2 is 1.57 bits per heavy atom. The Kier molecular flexibility index (Phi) is 2.41. The Balaban J connectivity index is 1.69. The van der Waals surface area contributed by atoms with Gasteiger partial charge < -0.3 is 4.42 Å². The topological polar surface area (TPSA) is 60.2 Å². The van der Waals surface area contributed by atoms with Crippen LogP contribution in [0.3, 0.4) is 0 Å². The maximum absolute atomic E-state index is 12.6. The van der Waals surface area contributed by atoms with Crippen molar-refractivity contribution in [1.29, 1.82) is 0 Å². The van der Waals surface area contributed by atoms with Crippen LogP contribution in [0.1, 0.15) is 31.6 Å². The van der Waals surface area contributed by atoms with Crippen LogP contribution >= 0.6 is 11.3 Å². The van der Waals surface area contributed by atoms with Gasteiger partial charge in [-0.3, -0.25) is 9.59 Å². The first kappa shape index (κ1) is 12.7. The van der Waals surface area contributed by atoms with Crippen LogP contribution in [0, 0.1) is 0 Å². The molecular formula is C18H9NO3S. The molecule has 2 aromatic carbocycles. The lowest BCUT2D eigenvalue weighted by Gasteiger charge is -2.00. The predicted molar refractivity (Wildman–Crippen MR) is 87.2 cm³/mol. The van der Waals surface area contributed by atoms with Crippen molar-refractivity contribution in [1.82, 2.24) is 4.98 Å². The number of hydrogen-bond acceptors (Lipinski definition) is 5. The highest BCUT2D eigenvalue weighted by molar-refractivity contribution is 7.18. The van der Waals surface area contributed by atoms with Crippen molar-refractivity contribution < 1.29 is 14.0 Å². The van der Waals surface area contributed by atoms with Gasteiger partial charge in [-0.15, -0.1) is 0 Å². The van der Waals surface area contributed by atoms with Gasteiger partial charge in [0.1, 0.15) is 22.0 Å². The Morgan fingerprint density at radius 1 is 0.913 bits per heavy atom. The maximum Gasteiger partial charge on any atom is 0.209 e. The lowest BCUT2D eigenvalue weighted by molar-refractivity contribution is 0.0890. The van der Waals surface area contributed by atoms with Gasteiger partial charge in [-0.25, -0.2) is 4.98 Å². The molecule has 0 saturated heterocycles. The molecule has 5 heteroatoms. The summed E-state index contributed by atoms with van der Waals surface area (Å²) in [7, 11) is 0. The van der Waals surface area contributed by atoms with E-state index in [0.29, 0.717) is 21.0 Å². The Bertz CT molecular complexity index is 1090. The Hall–Kier alpha value is -2.79. The van der Waals surface area contributed by atoms with Crippen LogP contribution < -0.4 is 0 Å². The number of hydrogen-bond donors (Lipinski definition) is 0. The molecule has 0 N–H and O–H groups in total. The predicted octanol–water partition coefficient (Wildman–Crippen LogP) is 4.21. The van der Waals surface area contributed by atoms with Crippen molar-refractivity contribution in [2.45, 2.75) is 5.92 Å². The number of carbonyl (C=O) groups is 2. The molecule has 2 heterocycles. The average molecular weight is 319 g/mol. The van der Waals surface area contributed by atoms with Gasteiger partial charge in [-0.1, -0.05) is 47.7 Å². The van der Waals surface area contributed by atoms with Gasteiger partial charge in [0.15, 0.2) is 11.6 Å². The third-order valence-electron chi connectivity index (χ3n) is 4.19. The molecule has 0 atom stereocenters. The molecule has 0 amide bonds. The smallest absolute Gasteiger partial charge is 0.209 e. The van der Waals surface area contributed by atoms with Gasteiger partial charge in [0, 0.05) is 16.5 Å². The van der Waals surface area contributed by atoms with Crippen LogP contribution in [0.15, 0.2) is 52.9 Å². The van der Waals surface area contributed by atoms with E-state index in [-0.39, 0.29) is 11.6 Å². The molecule has 0 radical (unpaired) electrons. The summed E-state index contributed by atoms with van der Waals surface area (Å²) in [5, 5.41) is 1.41. The monoisotopic (exact) mass is 319 g/mol.